The number of nitrogens with zero attached hydrogens (tertiary/aromatic N) is 2. The number of ether oxygens (including phenoxy) is 1. The molecule has 2 saturated heterocycles. The van der Waals surface area contributed by atoms with Crippen LogP contribution in [0.3, 0.4) is 0 Å². The average Bonchev–Trinajstić information content (AvgIpc) is 2.87. The lowest BCUT2D eigenvalue weighted by Crippen LogP contribution is -2.52. The van der Waals surface area contributed by atoms with E-state index < -0.39 is 11.0 Å². The molecule has 5 nitrogen and oxygen atoms in total. The Hall–Kier alpha value is -1.71. The third-order valence-corrected chi connectivity index (χ3v) is 5.93. The molecule has 3 rings (SSSR count). The van der Waals surface area contributed by atoms with Crippen LogP contribution in [0.5, 0.6) is 0 Å². The highest BCUT2D eigenvalue weighted by molar-refractivity contribution is 7.94. The third kappa shape index (κ3) is 4.77. The molecule has 2 fully saturated rings. The molecule has 2 unspecified atom stereocenters. The molecule has 1 aromatic rings. The first-order chi connectivity index (χ1) is 12.7. The van der Waals surface area contributed by atoms with Gasteiger partial charge in [-0.3, -0.25) is 0 Å². The first-order valence-electron chi connectivity index (χ1n) is 9.50. The van der Waals surface area contributed by atoms with Gasteiger partial charge in [0.2, 0.25) is 0 Å². The Morgan fingerprint density at radius 2 is 1.85 bits per heavy atom. The molecular formula is C21H28N2O3S. The predicted molar refractivity (Wildman–Crippen MR) is 105 cm³/mol. The largest absolute Gasteiger partial charge is 0.444 e. The monoisotopic (exact) mass is 388 g/mol. The Morgan fingerprint density at radius 3 is 2.37 bits per heavy atom. The maximum atomic E-state index is 12.6. The summed E-state index contributed by atoms with van der Waals surface area (Å²) in [6.45, 7) is 8.07. The summed E-state index contributed by atoms with van der Waals surface area (Å²) < 4.78 is 11.4. The lowest BCUT2D eigenvalue weighted by molar-refractivity contribution is -0.00905. The van der Waals surface area contributed by atoms with E-state index in [0.29, 0.717) is 19.4 Å². The second-order valence-corrected chi connectivity index (χ2v) is 9.61. The van der Waals surface area contributed by atoms with Crippen molar-refractivity contribution in [1.82, 2.24) is 4.90 Å². The molecule has 27 heavy (non-hydrogen) atoms. The third-order valence-electron chi connectivity index (χ3n) is 5.23. The van der Waals surface area contributed by atoms with E-state index in [1.54, 1.807) is 0 Å². The van der Waals surface area contributed by atoms with E-state index in [1.165, 1.54) is 17.6 Å². The molecule has 0 N–H and O–H groups in total. The first kappa shape index (κ1) is 20.0. The molecule has 2 bridgehead atoms. The quantitative estimate of drug-likeness (QED) is 0.672. The van der Waals surface area contributed by atoms with Gasteiger partial charge in [0.25, 0.3) is 0 Å². The van der Waals surface area contributed by atoms with Crippen molar-refractivity contribution >= 4 is 18.1 Å². The molecule has 1 amide bonds. The summed E-state index contributed by atoms with van der Waals surface area (Å²) in [5.41, 5.74) is 0.162. The molecule has 6 heteroatoms. The van der Waals surface area contributed by atoms with Crippen molar-refractivity contribution in [2.75, 3.05) is 6.61 Å². The molecular weight excluding hydrogens is 360 g/mol. The summed E-state index contributed by atoms with van der Waals surface area (Å²) >= 11 is 1.32. The number of carbonyl (C=O) groups is 1. The zero-order valence-electron chi connectivity index (χ0n) is 16.5. The van der Waals surface area contributed by atoms with Gasteiger partial charge in [0, 0.05) is 29.0 Å². The SMILES string of the molecule is Cc1ccc(SOCC2(C#N)CC3CCC(C2)N3C(=O)OC(C)(C)C)cc1. The molecule has 0 radical (unpaired) electrons. The minimum atomic E-state index is -0.540. The summed E-state index contributed by atoms with van der Waals surface area (Å²) in [5.74, 6) is 0. The van der Waals surface area contributed by atoms with Crippen molar-refractivity contribution in [3.05, 3.63) is 29.8 Å². The van der Waals surface area contributed by atoms with Crippen LogP contribution in [0.4, 0.5) is 4.79 Å². The summed E-state index contributed by atoms with van der Waals surface area (Å²) in [6.07, 6.45) is 2.90. The van der Waals surface area contributed by atoms with E-state index in [0.717, 1.165) is 17.7 Å². The summed E-state index contributed by atoms with van der Waals surface area (Å²) in [5, 5.41) is 9.88. The number of carbonyl (C=O) groups excluding carboxylic acids is 1. The van der Waals surface area contributed by atoms with Crippen LogP contribution in [0, 0.1) is 23.7 Å². The van der Waals surface area contributed by atoms with Crippen LogP contribution >= 0.6 is 12.0 Å². The van der Waals surface area contributed by atoms with E-state index in [2.05, 4.69) is 6.07 Å². The maximum absolute atomic E-state index is 12.6. The lowest BCUT2D eigenvalue weighted by Gasteiger charge is -2.42. The Kier molecular flexibility index (Phi) is 5.73. The fraction of sp³-hybridized carbons (Fsp3) is 0.619. The van der Waals surface area contributed by atoms with Gasteiger partial charge in [0.05, 0.1) is 18.1 Å². The lowest BCUT2D eigenvalue weighted by atomic mass is 9.77. The normalized spacial score (nSPS) is 27.3. The van der Waals surface area contributed by atoms with Crippen LogP contribution in [-0.2, 0) is 8.92 Å². The maximum Gasteiger partial charge on any atom is 0.410 e. The molecule has 0 spiro atoms. The molecule has 2 aliphatic heterocycles. The van der Waals surface area contributed by atoms with Gasteiger partial charge in [-0.1, -0.05) is 17.7 Å². The Labute approximate surface area is 166 Å². The minimum Gasteiger partial charge on any atom is -0.444 e. The van der Waals surface area contributed by atoms with Crippen LogP contribution < -0.4 is 0 Å². The van der Waals surface area contributed by atoms with E-state index >= 15 is 0 Å². The van der Waals surface area contributed by atoms with Crippen molar-refractivity contribution in [3.63, 3.8) is 0 Å². The van der Waals surface area contributed by atoms with Gasteiger partial charge in [-0.25, -0.2) is 4.79 Å². The fourth-order valence-corrected chi connectivity index (χ4v) is 4.67. The molecule has 2 aliphatic rings. The van der Waals surface area contributed by atoms with Crippen LogP contribution in [0.2, 0.25) is 0 Å². The van der Waals surface area contributed by atoms with Gasteiger partial charge in [-0.2, -0.15) is 5.26 Å². The first-order valence-corrected chi connectivity index (χ1v) is 10.2. The van der Waals surface area contributed by atoms with Crippen LogP contribution in [-0.4, -0.2) is 35.3 Å². The zero-order chi connectivity index (χ0) is 19.7. The number of rotatable bonds is 4. The number of aryl methyl sites for hydroxylation is 1. The van der Waals surface area contributed by atoms with Crippen molar-refractivity contribution in [2.24, 2.45) is 5.41 Å². The number of benzene rings is 1. The Morgan fingerprint density at radius 1 is 1.26 bits per heavy atom. The molecule has 1 aromatic carbocycles. The van der Waals surface area contributed by atoms with E-state index in [1.807, 2.05) is 56.9 Å². The van der Waals surface area contributed by atoms with Gasteiger partial charge in [0.15, 0.2) is 0 Å². The van der Waals surface area contributed by atoms with Gasteiger partial charge in [-0.15, -0.1) is 0 Å². The second kappa shape index (κ2) is 7.73. The summed E-state index contributed by atoms with van der Waals surface area (Å²) in [4.78, 5) is 15.5. The Balaban J connectivity index is 1.61. The number of amides is 1. The standard InChI is InChI=1S/C21H28N2O3S/c1-15-5-9-18(10-6-15)27-25-14-21(13-22)11-16-7-8-17(12-21)23(16)19(24)26-20(2,3)4/h5-6,9-10,16-17H,7-8,11-12,14H2,1-4H3. The molecule has 2 heterocycles. The van der Waals surface area contributed by atoms with Crippen LogP contribution in [0.1, 0.15) is 52.0 Å². The number of fused-ring (bicyclic) bond motifs is 2. The molecule has 146 valence electrons. The molecule has 2 atom stereocenters. The highest BCUT2D eigenvalue weighted by Gasteiger charge is 2.51. The topological polar surface area (TPSA) is 62.6 Å². The van der Waals surface area contributed by atoms with Gasteiger partial charge >= 0.3 is 6.09 Å². The average molecular weight is 389 g/mol. The highest BCUT2D eigenvalue weighted by atomic mass is 32.2. The van der Waals surface area contributed by atoms with Gasteiger partial charge in [-0.05, 0) is 65.5 Å². The molecule has 0 aliphatic carbocycles. The Bertz CT molecular complexity index is 706. The van der Waals surface area contributed by atoms with Crippen molar-refractivity contribution in [2.45, 2.75) is 76.0 Å². The zero-order valence-corrected chi connectivity index (χ0v) is 17.3. The summed E-state index contributed by atoms with van der Waals surface area (Å²) in [6, 6.07) is 10.8. The minimum absolute atomic E-state index is 0.0613. The van der Waals surface area contributed by atoms with E-state index in [4.69, 9.17) is 8.92 Å². The van der Waals surface area contributed by atoms with Crippen LogP contribution in [0.15, 0.2) is 29.2 Å². The second-order valence-electron chi connectivity index (χ2n) is 8.73. The van der Waals surface area contributed by atoms with Crippen molar-refractivity contribution in [1.29, 1.82) is 5.26 Å². The number of hydrogen-bond acceptors (Lipinski definition) is 5. The van der Waals surface area contributed by atoms with Crippen LogP contribution in [0.25, 0.3) is 0 Å². The van der Waals surface area contributed by atoms with E-state index in [9.17, 15) is 10.1 Å². The van der Waals surface area contributed by atoms with Gasteiger partial charge < -0.3 is 13.8 Å². The molecule has 0 aromatic heterocycles. The number of nitriles is 1. The van der Waals surface area contributed by atoms with Crippen molar-refractivity contribution in [3.8, 4) is 6.07 Å². The smallest absolute Gasteiger partial charge is 0.410 e. The van der Waals surface area contributed by atoms with Crippen molar-refractivity contribution < 1.29 is 13.7 Å². The predicted octanol–water partition coefficient (Wildman–Crippen LogP) is 5.09. The fourth-order valence-electron chi connectivity index (χ4n) is 4.01. The number of piperidine rings is 1. The summed E-state index contributed by atoms with van der Waals surface area (Å²) in [7, 11) is 0. The number of hydrogen-bond donors (Lipinski definition) is 0. The van der Waals surface area contributed by atoms with E-state index in [-0.39, 0.29) is 18.2 Å². The molecule has 0 saturated carbocycles. The highest BCUT2D eigenvalue weighted by Crippen LogP contribution is 2.46. The van der Waals surface area contributed by atoms with Gasteiger partial charge in [0.1, 0.15) is 5.60 Å².